The van der Waals surface area contributed by atoms with Crippen LogP contribution in [-0.2, 0) is 13.1 Å². The summed E-state index contributed by atoms with van der Waals surface area (Å²) in [6.07, 6.45) is 1.97. The first-order chi connectivity index (χ1) is 16.6. The van der Waals surface area contributed by atoms with E-state index in [1.165, 1.54) is 5.56 Å². The van der Waals surface area contributed by atoms with Gasteiger partial charge in [0.15, 0.2) is 5.78 Å². The van der Waals surface area contributed by atoms with Gasteiger partial charge in [-0.2, -0.15) is 0 Å². The van der Waals surface area contributed by atoms with Crippen LogP contribution in [0.2, 0.25) is 5.02 Å². The lowest BCUT2D eigenvalue weighted by molar-refractivity contribution is 0.103. The molecule has 6 heteroatoms. The highest BCUT2D eigenvalue weighted by atomic mass is 35.5. The van der Waals surface area contributed by atoms with Gasteiger partial charge in [-0.25, -0.2) is 0 Å². The normalized spacial score (nSPS) is 12.2. The predicted molar refractivity (Wildman–Crippen MR) is 135 cm³/mol. The molecule has 1 aliphatic heterocycles. The van der Waals surface area contributed by atoms with Gasteiger partial charge in [0.05, 0.1) is 25.8 Å². The van der Waals surface area contributed by atoms with Crippen LogP contribution in [-0.4, -0.2) is 24.1 Å². The lowest BCUT2D eigenvalue weighted by Gasteiger charge is -2.15. The number of fused-ring (bicyclic) bond motifs is 2. The van der Waals surface area contributed by atoms with Crippen molar-refractivity contribution in [3.05, 3.63) is 100 Å². The molecule has 172 valence electrons. The minimum atomic E-state index is -0.120. The highest BCUT2D eigenvalue weighted by Crippen LogP contribution is 2.40. The molecular formula is C28H25ClN2O3. The van der Waals surface area contributed by atoms with Crippen molar-refractivity contribution in [2.45, 2.75) is 20.0 Å². The molecular weight excluding hydrogens is 448 g/mol. The molecule has 1 aliphatic rings. The molecule has 0 saturated heterocycles. The van der Waals surface area contributed by atoms with Crippen LogP contribution in [0.15, 0.2) is 72.9 Å². The van der Waals surface area contributed by atoms with Crippen LogP contribution in [0.4, 0.5) is 5.69 Å². The van der Waals surface area contributed by atoms with E-state index in [4.69, 9.17) is 21.1 Å². The number of halogens is 1. The maximum absolute atomic E-state index is 13.7. The Labute approximate surface area is 203 Å². The Morgan fingerprint density at radius 1 is 1.00 bits per heavy atom. The van der Waals surface area contributed by atoms with E-state index in [0.717, 1.165) is 28.3 Å². The average molecular weight is 473 g/mol. The van der Waals surface area contributed by atoms with Crippen molar-refractivity contribution in [3.8, 4) is 22.6 Å². The van der Waals surface area contributed by atoms with Gasteiger partial charge in [0, 0.05) is 45.8 Å². The Bertz CT molecular complexity index is 1380. The maximum atomic E-state index is 13.7. The van der Waals surface area contributed by atoms with Crippen LogP contribution in [0, 0.1) is 0 Å². The second kappa shape index (κ2) is 9.27. The molecule has 34 heavy (non-hydrogen) atoms. The summed E-state index contributed by atoms with van der Waals surface area (Å²) in [7, 11) is 1.57. The number of carbonyl (C=O) groups is 1. The van der Waals surface area contributed by atoms with Gasteiger partial charge >= 0.3 is 0 Å². The van der Waals surface area contributed by atoms with Gasteiger partial charge in [0.2, 0.25) is 0 Å². The summed E-state index contributed by atoms with van der Waals surface area (Å²) in [6, 6.07) is 21.3. The number of aromatic nitrogens is 1. The van der Waals surface area contributed by atoms with E-state index < -0.39 is 0 Å². The van der Waals surface area contributed by atoms with Crippen molar-refractivity contribution in [2.24, 2.45) is 0 Å². The number of carbonyl (C=O) groups excluding carboxylic acids is 1. The van der Waals surface area contributed by atoms with Crippen molar-refractivity contribution in [3.63, 3.8) is 0 Å². The van der Waals surface area contributed by atoms with E-state index in [-0.39, 0.29) is 5.78 Å². The van der Waals surface area contributed by atoms with Crippen molar-refractivity contribution in [1.82, 2.24) is 4.57 Å². The number of benzene rings is 3. The summed E-state index contributed by atoms with van der Waals surface area (Å²) in [5.41, 5.74) is 5.89. The van der Waals surface area contributed by atoms with Gasteiger partial charge in [-0.15, -0.1) is 0 Å². The molecule has 0 fully saturated rings. The van der Waals surface area contributed by atoms with Crippen LogP contribution in [0.5, 0.6) is 11.5 Å². The SMILES string of the molecule is CCOc1ccccc1-c1cc(OC)c(C(=O)c2ccn3c2CNc2ccccc2C3)cc1Cl. The van der Waals surface area contributed by atoms with Gasteiger partial charge < -0.3 is 19.4 Å². The number of hydrogen-bond acceptors (Lipinski definition) is 4. The van der Waals surface area contributed by atoms with Crippen LogP contribution >= 0.6 is 11.6 Å². The number of anilines is 1. The van der Waals surface area contributed by atoms with Gasteiger partial charge in [-0.1, -0.05) is 48.0 Å². The molecule has 0 unspecified atom stereocenters. The molecule has 0 aliphatic carbocycles. The number of ether oxygens (including phenoxy) is 2. The molecule has 5 nitrogen and oxygen atoms in total. The molecule has 4 aromatic rings. The lowest BCUT2D eigenvalue weighted by Crippen LogP contribution is -2.11. The maximum Gasteiger partial charge on any atom is 0.198 e. The fourth-order valence-corrected chi connectivity index (χ4v) is 4.74. The molecule has 0 spiro atoms. The first kappa shape index (κ1) is 22.1. The number of rotatable bonds is 6. The third-order valence-corrected chi connectivity index (χ3v) is 6.45. The van der Waals surface area contributed by atoms with E-state index in [1.54, 1.807) is 13.2 Å². The molecule has 0 radical (unpaired) electrons. The lowest BCUT2D eigenvalue weighted by atomic mass is 9.97. The number of methoxy groups -OCH3 is 1. The molecule has 0 atom stereocenters. The van der Waals surface area contributed by atoms with Gasteiger partial charge in [0.1, 0.15) is 11.5 Å². The van der Waals surface area contributed by atoms with Crippen LogP contribution in [0.3, 0.4) is 0 Å². The van der Waals surface area contributed by atoms with E-state index in [9.17, 15) is 4.79 Å². The monoisotopic (exact) mass is 472 g/mol. The highest BCUT2D eigenvalue weighted by molar-refractivity contribution is 6.34. The minimum Gasteiger partial charge on any atom is -0.496 e. The number of nitrogens with zero attached hydrogens (tertiary/aromatic N) is 1. The molecule has 2 heterocycles. The zero-order chi connectivity index (χ0) is 23.7. The van der Waals surface area contributed by atoms with Crippen LogP contribution in [0.25, 0.3) is 11.1 Å². The second-order valence-electron chi connectivity index (χ2n) is 8.11. The predicted octanol–water partition coefficient (Wildman–Crippen LogP) is 6.42. The molecule has 1 N–H and O–H groups in total. The Balaban J connectivity index is 1.54. The van der Waals surface area contributed by atoms with E-state index in [2.05, 4.69) is 22.0 Å². The molecule has 5 rings (SSSR count). The summed E-state index contributed by atoms with van der Waals surface area (Å²) >= 11 is 6.72. The number of para-hydroxylation sites is 2. The largest absolute Gasteiger partial charge is 0.496 e. The number of hydrogen-bond donors (Lipinski definition) is 1. The molecule has 1 aromatic heterocycles. The van der Waals surface area contributed by atoms with E-state index in [1.807, 2.05) is 61.7 Å². The van der Waals surface area contributed by atoms with E-state index in [0.29, 0.717) is 41.6 Å². The Morgan fingerprint density at radius 3 is 2.62 bits per heavy atom. The van der Waals surface area contributed by atoms with Gasteiger partial charge in [0.25, 0.3) is 0 Å². The van der Waals surface area contributed by atoms with Gasteiger partial charge in [-0.3, -0.25) is 4.79 Å². The van der Waals surface area contributed by atoms with Crippen molar-refractivity contribution < 1.29 is 14.3 Å². The summed E-state index contributed by atoms with van der Waals surface area (Å²) in [5, 5.41) is 3.92. The van der Waals surface area contributed by atoms with Crippen molar-refractivity contribution in [2.75, 3.05) is 19.0 Å². The summed E-state index contributed by atoms with van der Waals surface area (Å²) < 4.78 is 13.6. The quantitative estimate of drug-likeness (QED) is 0.329. The van der Waals surface area contributed by atoms with Crippen LogP contribution in [0.1, 0.15) is 34.1 Å². The molecule has 3 aromatic carbocycles. The standard InChI is InChI=1S/C28H25ClN2O3/c1-3-34-26-11-7-5-9-19(26)21-15-27(33-2)22(14-23(21)29)28(32)20-12-13-31-17-18-8-4-6-10-24(18)30-16-25(20)31/h4-15,30H,3,16-17H2,1-2H3. The van der Waals surface area contributed by atoms with E-state index >= 15 is 0 Å². The Hall–Kier alpha value is -3.70. The first-order valence-electron chi connectivity index (χ1n) is 11.2. The number of ketones is 1. The third-order valence-electron chi connectivity index (χ3n) is 6.14. The fourth-order valence-electron chi connectivity index (χ4n) is 4.47. The fraction of sp³-hybridized carbons (Fsp3) is 0.179. The molecule has 0 bridgehead atoms. The summed E-state index contributed by atoms with van der Waals surface area (Å²) in [4.78, 5) is 13.7. The minimum absolute atomic E-state index is 0.120. The smallest absolute Gasteiger partial charge is 0.198 e. The van der Waals surface area contributed by atoms with Crippen molar-refractivity contribution >= 4 is 23.1 Å². The zero-order valence-corrected chi connectivity index (χ0v) is 19.9. The zero-order valence-electron chi connectivity index (χ0n) is 19.1. The number of nitrogens with one attached hydrogen (secondary N) is 1. The average Bonchev–Trinajstić information content (AvgIpc) is 3.16. The third kappa shape index (κ3) is 3.93. The summed E-state index contributed by atoms with van der Waals surface area (Å²) in [5.74, 6) is 1.09. The first-order valence-corrected chi connectivity index (χ1v) is 11.6. The molecule has 0 saturated carbocycles. The Kier molecular flexibility index (Phi) is 6.03. The topological polar surface area (TPSA) is 52.5 Å². The summed E-state index contributed by atoms with van der Waals surface area (Å²) in [6.45, 7) is 3.74. The van der Waals surface area contributed by atoms with Crippen LogP contribution < -0.4 is 14.8 Å². The second-order valence-corrected chi connectivity index (χ2v) is 8.51. The van der Waals surface area contributed by atoms with Gasteiger partial charge in [-0.05, 0) is 42.8 Å². The van der Waals surface area contributed by atoms with Crippen molar-refractivity contribution in [1.29, 1.82) is 0 Å². The molecule has 0 amide bonds. The highest BCUT2D eigenvalue weighted by Gasteiger charge is 2.24. The Morgan fingerprint density at radius 2 is 1.79 bits per heavy atom.